The molecule has 1 saturated heterocycles. The zero-order valence-electron chi connectivity index (χ0n) is 14.8. The van der Waals surface area contributed by atoms with Crippen LogP contribution in [0.25, 0.3) is 0 Å². The average molecular weight is 379 g/mol. The van der Waals surface area contributed by atoms with Gasteiger partial charge in [-0.25, -0.2) is 0 Å². The van der Waals surface area contributed by atoms with Crippen molar-refractivity contribution < 1.29 is 14.0 Å². The second-order valence-corrected chi connectivity index (χ2v) is 7.99. The van der Waals surface area contributed by atoms with Crippen molar-refractivity contribution in [3.05, 3.63) is 58.1 Å². The Hall–Kier alpha value is -1.20. The summed E-state index contributed by atoms with van der Waals surface area (Å²) in [6.07, 6.45) is 0. The van der Waals surface area contributed by atoms with Gasteiger partial charge in [0.25, 0.3) is 0 Å². The Morgan fingerprint density at radius 3 is 2.28 bits per heavy atom. The maximum absolute atomic E-state index is 6.22. The number of benzene rings is 2. The van der Waals surface area contributed by atoms with Crippen LogP contribution in [0.15, 0.2) is 42.5 Å². The lowest BCUT2D eigenvalue weighted by molar-refractivity contribution is 0.00578. The Labute approximate surface area is 159 Å². The molecule has 3 rings (SSSR count). The number of hydrogen-bond donors (Lipinski definition) is 0. The Morgan fingerprint density at radius 1 is 0.960 bits per heavy atom. The molecule has 0 saturated carbocycles. The first kappa shape index (κ1) is 18.6. The highest BCUT2D eigenvalue weighted by molar-refractivity contribution is 6.63. The summed E-state index contributed by atoms with van der Waals surface area (Å²) < 4.78 is 18.3. The minimum absolute atomic E-state index is 0.315. The highest BCUT2D eigenvalue weighted by Gasteiger charge is 2.52. The molecule has 0 unspecified atom stereocenters. The predicted molar refractivity (Wildman–Crippen MR) is 103 cm³/mol. The van der Waals surface area contributed by atoms with Gasteiger partial charge in [0, 0.05) is 21.1 Å². The van der Waals surface area contributed by atoms with Crippen molar-refractivity contribution >= 4 is 35.8 Å². The zero-order valence-corrected chi connectivity index (χ0v) is 16.3. The summed E-state index contributed by atoms with van der Waals surface area (Å²) >= 11 is 12.3. The van der Waals surface area contributed by atoms with Crippen molar-refractivity contribution in [3.63, 3.8) is 0 Å². The highest BCUT2D eigenvalue weighted by atomic mass is 35.5. The van der Waals surface area contributed by atoms with Crippen LogP contribution in [0.3, 0.4) is 0 Å². The lowest BCUT2D eigenvalue weighted by Crippen LogP contribution is -2.41. The van der Waals surface area contributed by atoms with Gasteiger partial charge in [-0.05, 0) is 52.0 Å². The quantitative estimate of drug-likeness (QED) is 0.710. The third-order valence-corrected chi connectivity index (χ3v) is 5.42. The lowest BCUT2D eigenvalue weighted by Gasteiger charge is -2.32. The van der Waals surface area contributed by atoms with Crippen LogP contribution in [0, 0.1) is 0 Å². The standard InChI is InChI=1S/C19H21BCl2O3/c1-18(2)19(3,4)25-20(24-18)15-7-5-6-8-17(15)23-12-13-11-14(21)9-10-16(13)22/h5-11H,12H2,1-4H3. The molecule has 2 aromatic carbocycles. The van der Waals surface area contributed by atoms with Crippen molar-refractivity contribution in [2.75, 3.05) is 0 Å². The second kappa shape index (κ2) is 6.84. The number of rotatable bonds is 4. The van der Waals surface area contributed by atoms with Crippen LogP contribution in [0.4, 0.5) is 0 Å². The maximum Gasteiger partial charge on any atom is 0.498 e. The zero-order chi connectivity index (χ0) is 18.2. The molecular weight excluding hydrogens is 358 g/mol. The normalized spacial score (nSPS) is 18.4. The Morgan fingerprint density at radius 2 is 1.60 bits per heavy atom. The van der Waals surface area contributed by atoms with E-state index in [1.165, 1.54) is 0 Å². The largest absolute Gasteiger partial charge is 0.498 e. The van der Waals surface area contributed by atoms with Crippen molar-refractivity contribution in [1.82, 2.24) is 0 Å². The summed E-state index contributed by atoms with van der Waals surface area (Å²) in [5, 5.41) is 1.25. The number of para-hydroxylation sites is 1. The summed E-state index contributed by atoms with van der Waals surface area (Å²) in [6, 6.07) is 13.1. The Kier molecular flexibility index (Phi) is 5.09. The van der Waals surface area contributed by atoms with E-state index < -0.39 is 18.3 Å². The monoisotopic (exact) mass is 378 g/mol. The molecule has 1 aliphatic rings. The van der Waals surface area contributed by atoms with E-state index in [0.29, 0.717) is 22.4 Å². The molecule has 0 atom stereocenters. The fraction of sp³-hybridized carbons (Fsp3) is 0.368. The van der Waals surface area contributed by atoms with E-state index in [1.807, 2.05) is 52.0 Å². The van der Waals surface area contributed by atoms with Crippen LogP contribution in [0.1, 0.15) is 33.3 Å². The van der Waals surface area contributed by atoms with Gasteiger partial charge in [-0.1, -0.05) is 41.4 Å². The molecule has 0 bridgehead atoms. The van der Waals surface area contributed by atoms with Crippen LogP contribution >= 0.6 is 23.2 Å². The molecule has 1 heterocycles. The first-order valence-corrected chi connectivity index (χ1v) is 8.96. The van der Waals surface area contributed by atoms with E-state index in [9.17, 15) is 0 Å². The first-order chi connectivity index (χ1) is 11.7. The summed E-state index contributed by atoms with van der Waals surface area (Å²) in [4.78, 5) is 0. The van der Waals surface area contributed by atoms with Crippen molar-refractivity contribution in [3.8, 4) is 5.75 Å². The molecule has 132 valence electrons. The van der Waals surface area contributed by atoms with Gasteiger partial charge in [0.05, 0.1) is 11.2 Å². The smallest absolute Gasteiger partial charge is 0.489 e. The summed E-state index contributed by atoms with van der Waals surface area (Å²) in [6.45, 7) is 8.44. The second-order valence-electron chi connectivity index (χ2n) is 7.15. The van der Waals surface area contributed by atoms with Gasteiger partial charge in [-0.3, -0.25) is 0 Å². The molecule has 1 fully saturated rings. The van der Waals surface area contributed by atoms with Gasteiger partial charge in [-0.2, -0.15) is 0 Å². The fourth-order valence-corrected chi connectivity index (χ4v) is 2.95. The van der Waals surface area contributed by atoms with E-state index >= 15 is 0 Å². The summed E-state index contributed by atoms with van der Waals surface area (Å²) in [7, 11) is -0.476. The van der Waals surface area contributed by atoms with E-state index in [1.54, 1.807) is 18.2 Å². The molecule has 0 aliphatic carbocycles. The van der Waals surface area contributed by atoms with E-state index in [4.69, 9.17) is 37.2 Å². The van der Waals surface area contributed by atoms with E-state index in [-0.39, 0.29) is 0 Å². The average Bonchev–Trinajstić information content (AvgIpc) is 2.76. The van der Waals surface area contributed by atoms with Crippen molar-refractivity contribution in [1.29, 1.82) is 0 Å². The van der Waals surface area contributed by atoms with Gasteiger partial charge in [0.1, 0.15) is 12.4 Å². The van der Waals surface area contributed by atoms with Crippen LogP contribution in [-0.4, -0.2) is 18.3 Å². The van der Waals surface area contributed by atoms with Gasteiger partial charge >= 0.3 is 7.12 Å². The van der Waals surface area contributed by atoms with Crippen molar-refractivity contribution in [2.24, 2.45) is 0 Å². The van der Waals surface area contributed by atoms with Crippen LogP contribution in [0.5, 0.6) is 5.75 Å². The topological polar surface area (TPSA) is 27.7 Å². The number of hydrogen-bond acceptors (Lipinski definition) is 3. The van der Waals surface area contributed by atoms with Crippen molar-refractivity contribution in [2.45, 2.75) is 45.5 Å². The molecule has 1 aliphatic heterocycles. The highest BCUT2D eigenvalue weighted by Crippen LogP contribution is 2.37. The van der Waals surface area contributed by atoms with Crippen LogP contribution in [0.2, 0.25) is 10.0 Å². The maximum atomic E-state index is 6.22. The molecule has 3 nitrogen and oxygen atoms in total. The predicted octanol–water partition coefficient (Wildman–Crippen LogP) is 4.87. The van der Waals surface area contributed by atoms with Crippen LogP contribution in [-0.2, 0) is 15.9 Å². The van der Waals surface area contributed by atoms with E-state index in [2.05, 4.69) is 0 Å². The van der Waals surface area contributed by atoms with Crippen LogP contribution < -0.4 is 10.2 Å². The Bertz CT molecular complexity index is 761. The molecule has 25 heavy (non-hydrogen) atoms. The molecule has 6 heteroatoms. The summed E-state index contributed by atoms with van der Waals surface area (Å²) in [5.74, 6) is 0.706. The minimum atomic E-state index is -0.476. The minimum Gasteiger partial charge on any atom is -0.489 e. The third kappa shape index (κ3) is 3.82. The fourth-order valence-electron chi connectivity index (χ4n) is 2.59. The van der Waals surface area contributed by atoms with E-state index in [0.717, 1.165) is 11.0 Å². The van der Waals surface area contributed by atoms with Gasteiger partial charge in [-0.15, -0.1) is 0 Å². The Balaban J connectivity index is 1.82. The molecule has 0 N–H and O–H groups in total. The lowest BCUT2D eigenvalue weighted by atomic mass is 9.78. The number of ether oxygens (including phenoxy) is 1. The third-order valence-electron chi connectivity index (χ3n) is 4.82. The molecular formula is C19H21BCl2O3. The molecule has 0 amide bonds. The van der Waals surface area contributed by atoms with Gasteiger partial charge < -0.3 is 14.0 Å². The number of halogens is 2. The molecule has 0 spiro atoms. The SMILES string of the molecule is CC1(C)OB(c2ccccc2OCc2cc(Cl)ccc2Cl)OC1(C)C. The molecule has 2 aromatic rings. The molecule has 0 aromatic heterocycles. The summed E-state index contributed by atoms with van der Waals surface area (Å²) in [5.41, 5.74) is 0.888. The van der Waals surface area contributed by atoms with Gasteiger partial charge in [0.2, 0.25) is 0 Å². The van der Waals surface area contributed by atoms with Gasteiger partial charge in [0.15, 0.2) is 0 Å². The molecule has 0 radical (unpaired) electrons. The first-order valence-electron chi connectivity index (χ1n) is 8.21.